The first-order valence-electron chi connectivity index (χ1n) is 6.41. The van der Waals surface area contributed by atoms with Crippen LogP contribution < -0.4 is 0 Å². The van der Waals surface area contributed by atoms with Gasteiger partial charge in [0, 0.05) is 0 Å². The standard InChI is InChI=1S/C14H28/c1-11-7-6-8-13(11)10-9-12(2)14(3,4)5/h11-13H,6-10H2,1-5H3. The third-order valence-corrected chi connectivity index (χ3v) is 4.49. The van der Waals surface area contributed by atoms with Gasteiger partial charge in [0.2, 0.25) is 0 Å². The third kappa shape index (κ3) is 3.29. The molecule has 0 heteroatoms. The van der Waals surface area contributed by atoms with Crippen molar-refractivity contribution in [1.29, 1.82) is 0 Å². The Kier molecular flexibility index (Phi) is 4.04. The quantitative estimate of drug-likeness (QED) is 0.603. The normalized spacial score (nSPS) is 30.6. The van der Waals surface area contributed by atoms with E-state index in [0.717, 1.165) is 17.8 Å². The van der Waals surface area contributed by atoms with E-state index in [0.29, 0.717) is 5.41 Å². The lowest BCUT2D eigenvalue weighted by molar-refractivity contribution is 0.222. The summed E-state index contributed by atoms with van der Waals surface area (Å²) in [6.07, 6.45) is 7.36. The van der Waals surface area contributed by atoms with E-state index in [2.05, 4.69) is 34.6 Å². The van der Waals surface area contributed by atoms with Crippen molar-refractivity contribution in [2.75, 3.05) is 0 Å². The molecule has 3 atom stereocenters. The summed E-state index contributed by atoms with van der Waals surface area (Å²) in [5, 5.41) is 0. The van der Waals surface area contributed by atoms with Crippen molar-refractivity contribution in [3.8, 4) is 0 Å². The van der Waals surface area contributed by atoms with Crippen LogP contribution >= 0.6 is 0 Å². The van der Waals surface area contributed by atoms with Crippen LogP contribution in [0.4, 0.5) is 0 Å². The van der Waals surface area contributed by atoms with Crippen LogP contribution in [0.5, 0.6) is 0 Å². The van der Waals surface area contributed by atoms with Crippen LogP contribution in [0.25, 0.3) is 0 Å². The Balaban J connectivity index is 2.26. The van der Waals surface area contributed by atoms with Crippen molar-refractivity contribution in [3.05, 3.63) is 0 Å². The molecular formula is C14H28. The highest BCUT2D eigenvalue weighted by molar-refractivity contribution is 4.77. The average Bonchev–Trinajstić information content (AvgIpc) is 2.45. The zero-order chi connectivity index (χ0) is 10.8. The highest BCUT2D eigenvalue weighted by atomic mass is 14.3. The van der Waals surface area contributed by atoms with Crippen molar-refractivity contribution in [2.45, 2.75) is 66.7 Å². The van der Waals surface area contributed by atoms with Gasteiger partial charge in [-0.05, 0) is 36.0 Å². The molecule has 14 heavy (non-hydrogen) atoms. The Morgan fingerprint density at radius 2 is 1.86 bits per heavy atom. The summed E-state index contributed by atoms with van der Waals surface area (Å²) in [6, 6.07) is 0. The molecule has 0 spiro atoms. The highest BCUT2D eigenvalue weighted by Crippen LogP contribution is 2.37. The lowest BCUT2D eigenvalue weighted by Gasteiger charge is -2.28. The van der Waals surface area contributed by atoms with Gasteiger partial charge in [0.1, 0.15) is 0 Å². The molecule has 0 N–H and O–H groups in total. The lowest BCUT2D eigenvalue weighted by Crippen LogP contribution is -2.18. The van der Waals surface area contributed by atoms with Crippen molar-refractivity contribution in [1.82, 2.24) is 0 Å². The maximum absolute atomic E-state index is 2.44. The Hall–Kier alpha value is 0. The molecule has 0 bridgehead atoms. The monoisotopic (exact) mass is 196 g/mol. The van der Waals surface area contributed by atoms with Crippen molar-refractivity contribution < 1.29 is 0 Å². The van der Waals surface area contributed by atoms with Crippen molar-refractivity contribution >= 4 is 0 Å². The molecule has 0 aromatic rings. The average molecular weight is 196 g/mol. The van der Waals surface area contributed by atoms with Crippen LogP contribution in [0.3, 0.4) is 0 Å². The molecule has 0 aromatic heterocycles. The van der Waals surface area contributed by atoms with Gasteiger partial charge in [-0.1, -0.05) is 53.9 Å². The Morgan fingerprint density at radius 3 is 2.29 bits per heavy atom. The summed E-state index contributed by atoms with van der Waals surface area (Å²) in [5.41, 5.74) is 0.502. The molecule has 1 saturated carbocycles. The van der Waals surface area contributed by atoms with E-state index < -0.39 is 0 Å². The molecule has 84 valence electrons. The van der Waals surface area contributed by atoms with Crippen LogP contribution in [-0.2, 0) is 0 Å². The minimum atomic E-state index is 0.502. The maximum Gasteiger partial charge on any atom is -0.0357 e. The molecule has 1 aliphatic carbocycles. The number of hydrogen-bond donors (Lipinski definition) is 0. The van der Waals surface area contributed by atoms with E-state index in [1.807, 2.05) is 0 Å². The zero-order valence-electron chi connectivity index (χ0n) is 10.8. The van der Waals surface area contributed by atoms with Crippen molar-refractivity contribution in [2.24, 2.45) is 23.2 Å². The summed E-state index contributed by atoms with van der Waals surface area (Å²) in [7, 11) is 0. The van der Waals surface area contributed by atoms with E-state index in [9.17, 15) is 0 Å². The maximum atomic E-state index is 2.44. The van der Waals surface area contributed by atoms with Gasteiger partial charge in [0.05, 0.1) is 0 Å². The second-order valence-electron chi connectivity index (χ2n) is 6.51. The minimum absolute atomic E-state index is 0.502. The summed E-state index contributed by atoms with van der Waals surface area (Å²) >= 11 is 0. The van der Waals surface area contributed by atoms with E-state index in [1.165, 1.54) is 32.1 Å². The van der Waals surface area contributed by atoms with Gasteiger partial charge in [-0.3, -0.25) is 0 Å². The van der Waals surface area contributed by atoms with E-state index >= 15 is 0 Å². The molecule has 0 aromatic carbocycles. The molecule has 0 amide bonds. The smallest absolute Gasteiger partial charge is 0.0357 e. The van der Waals surface area contributed by atoms with E-state index in [-0.39, 0.29) is 0 Å². The summed E-state index contributed by atoms with van der Waals surface area (Å²) in [4.78, 5) is 0. The van der Waals surface area contributed by atoms with E-state index in [1.54, 1.807) is 0 Å². The Morgan fingerprint density at radius 1 is 1.21 bits per heavy atom. The Bertz CT molecular complexity index is 161. The van der Waals surface area contributed by atoms with Gasteiger partial charge >= 0.3 is 0 Å². The largest absolute Gasteiger partial charge is 0.0622 e. The number of rotatable bonds is 3. The molecular weight excluding hydrogens is 168 g/mol. The molecule has 1 rings (SSSR count). The molecule has 3 unspecified atom stereocenters. The van der Waals surface area contributed by atoms with Crippen LogP contribution in [0.15, 0.2) is 0 Å². The molecule has 0 nitrogen and oxygen atoms in total. The molecule has 0 aliphatic heterocycles. The lowest BCUT2D eigenvalue weighted by atomic mass is 9.77. The highest BCUT2D eigenvalue weighted by Gasteiger charge is 2.26. The molecule has 0 saturated heterocycles. The zero-order valence-corrected chi connectivity index (χ0v) is 10.8. The predicted octanol–water partition coefficient (Wildman–Crippen LogP) is 4.89. The second-order valence-corrected chi connectivity index (χ2v) is 6.51. The second kappa shape index (κ2) is 4.68. The third-order valence-electron chi connectivity index (χ3n) is 4.49. The first-order chi connectivity index (χ1) is 6.41. The number of hydrogen-bond acceptors (Lipinski definition) is 0. The predicted molar refractivity (Wildman–Crippen MR) is 64.4 cm³/mol. The van der Waals surface area contributed by atoms with Gasteiger partial charge in [-0.15, -0.1) is 0 Å². The minimum Gasteiger partial charge on any atom is -0.0622 e. The fourth-order valence-corrected chi connectivity index (χ4v) is 2.55. The van der Waals surface area contributed by atoms with Crippen LogP contribution in [0.1, 0.15) is 66.7 Å². The van der Waals surface area contributed by atoms with Crippen LogP contribution in [0.2, 0.25) is 0 Å². The Labute approximate surface area is 90.5 Å². The SMILES string of the molecule is CC1CCCC1CCC(C)C(C)(C)C. The van der Waals surface area contributed by atoms with Gasteiger partial charge in [0.25, 0.3) is 0 Å². The first kappa shape index (κ1) is 12.1. The summed E-state index contributed by atoms with van der Waals surface area (Å²) < 4.78 is 0. The van der Waals surface area contributed by atoms with Gasteiger partial charge in [-0.25, -0.2) is 0 Å². The fourth-order valence-electron chi connectivity index (χ4n) is 2.55. The summed E-state index contributed by atoms with van der Waals surface area (Å²) in [6.45, 7) is 12.0. The van der Waals surface area contributed by atoms with Gasteiger partial charge < -0.3 is 0 Å². The molecule has 0 heterocycles. The first-order valence-corrected chi connectivity index (χ1v) is 6.41. The van der Waals surface area contributed by atoms with Crippen LogP contribution in [0, 0.1) is 23.2 Å². The van der Waals surface area contributed by atoms with Crippen LogP contribution in [-0.4, -0.2) is 0 Å². The summed E-state index contributed by atoms with van der Waals surface area (Å²) in [5.74, 6) is 2.91. The van der Waals surface area contributed by atoms with Gasteiger partial charge in [-0.2, -0.15) is 0 Å². The molecule has 1 fully saturated rings. The topological polar surface area (TPSA) is 0 Å². The van der Waals surface area contributed by atoms with Crippen molar-refractivity contribution in [3.63, 3.8) is 0 Å². The van der Waals surface area contributed by atoms with E-state index in [4.69, 9.17) is 0 Å². The molecule has 0 radical (unpaired) electrons. The van der Waals surface area contributed by atoms with Gasteiger partial charge in [0.15, 0.2) is 0 Å². The fraction of sp³-hybridized carbons (Fsp3) is 1.00. The molecule has 1 aliphatic rings.